The monoisotopic (exact) mass is 987 g/mol. The molecule has 0 aliphatic heterocycles. The molecule has 0 amide bonds. The number of hydrogen-bond donors (Lipinski definition) is 0. The highest BCUT2D eigenvalue weighted by molar-refractivity contribution is 5.71. The highest BCUT2D eigenvalue weighted by atomic mass is 16.6. The van der Waals surface area contributed by atoms with Crippen molar-refractivity contribution in [1.29, 1.82) is 0 Å². The normalized spacial score (nSPS) is 12.8. The Hall–Kier alpha value is -3.67. The van der Waals surface area contributed by atoms with Crippen LogP contribution in [0.1, 0.15) is 278 Å². The molecular formula is C65H110O6. The number of carbonyl (C=O) groups excluding carboxylic acids is 3. The van der Waals surface area contributed by atoms with Crippen LogP contribution in [-0.2, 0) is 28.6 Å². The summed E-state index contributed by atoms with van der Waals surface area (Å²) in [6, 6.07) is 0. The summed E-state index contributed by atoms with van der Waals surface area (Å²) in [5.41, 5.74) is 0. The van der Waals surface area contributed by atoms with Crippen LogP contribution in [0.2, 0.25) is 0 Å². The minimum Gasteiger partial charge on any atom is -0.462 e. The molecule has 0 heterocycles. The van der Waals surface area contributed by atoms with E-state index < -0.39 is 6.10 Å². The van der Waals surface area contributed by atoms with Crippen molar-refractivity contribution in [2.45, 2.75) is 284 Å². The molecule has 0 aromatic heterocycles. The molecule has 0 radical (unpaired) electrons. The van der Waals surface area contributed by atoms with Crippen LogP contribution in [0.5, 0.6) is 0 Å². The van der Waals surface area contributed by atoms with Crippen LogP contribution in [0.15, 0.2) is 97.2 Å². The van der Waals surface area contributed by atoms with Gasteiger partial charge in [0.25, 0.3) is 0 Å². The van der Waals surface area contributed by atoms with Crippen LogP contribution in [0.3, 0.4) is 0 Å². The Morgan fingerprint density at radius 1 is 0.296 bits per heavy atom. The molecule has 0 aromatic rings. The third kappa shape index (κ3) is 57.1. The Bertz CT molecular complexity index is 1410. The average Bonchev–Trinajstić information content (AvgIpc) is 3.37. The summed E-state index contributed by atoms with van der Waals surface area (Å²) < 4.78 is 16.7. The number of hydrogen-bond acceptors (Lipinski definition) is 6. The smallest absolute Gasteiger partial charge is 0.306 e. The Balaban J connectivity index is 4.18. The molecule has 0 aromatic carbocycles. The molecule has 0 aliphatic carbocycles. The van der Waals surface area contributed by atoms with Crippen molar-refractivity contribution in [3.8, 4) is 0 Å². The van der Waals surface area contributed by atoms with Crippen LogP contribution in [0.25, 0.3) is 0 Å². The maximum absolute atomic E-state index is 12.8. The molecule has 1 unspecified atom stereocenters. The van der Waals surface area contributed by atoms with Crippen molar-refractivity contribution < 1.29 is 28.6 Å². The fourth-order valence-corrected chi connectivity index (χ4v) is 8.16. The molecule has 406 valence electrons. The summed E-state index contributed by atoms with van der Waals surface area (Å²) in [7, 11) is 0. The van der Waals surface area contributed by atoms with E-state index in [9.17, 15) is 14.4 Å². The lowest BCUT2D eigenvalue weighted by molar-refractivity contribution is -0.167. The quantitative estimate of drug-likeness (QED) is 0.0261. The second-order valence-corrected chi connectivity index (χ2v) is 19.5. The third-order valence-electron chi connectivity index (χ3n) is 12.6. The van der Waals surface area contributed by atoms with E-state index in [1.807, 2.05) is 0 Å². The molecular weight excluding hydrogens is 877 g/mol. The van der Waals surface area contributed by atoms with Gasteiger partial charge in [-0.1, -0.05) is 272 Å². The van der Waals surface area contributed by atoms with Gasteiger partial charge in [-0.2, -0.15) is 0 Å². The Labute approximate surface area is 438 Å². The van der Waals surface area contributed by atoms with Crippen LogP contribution >= 0.6 is 0 Å². The number of esters is 3. The second kappa shape index (κ2) is 58.9. The molecule has 6 heteroatoms. The van der Waals surface area contributed by atoms with Crippen molar-refractivity contribution in [1.82, 2.24) is 0 Å². The summed E-state index contributed by atoms with van der Waals surface area (Å²) in [6.45, 7) is 6.42. The standard InChI is InChI=1S/C65H110O6/c1-4-7-10-13-15-17-19-21-23-25-27-29-30-31-32-33-34-36-37-39-41-43-45-47-49-52-55-58-64(67)70-61-62(60-69-63(66)57-54-51-12-9-6-3)71-65(68)59-56-53-50-48-46-44-42-40-38-35-28-26-24-22-20-18-16-14-11-8-5-2/h7,10,15,17,21,23,27,29,31-32,34,36,39,41,45,47,62H,4-6,8-9,11-14,16,18-20,22,24-26,28,30,33,35,37-38,40,42-44,46,48-61H2,1-3H3/b10-7-,17-15-,23-21-,29-27-,32-31-,36-34-,41-39-,47-45-. The zero-order chi connectivity index (χ0) is 51.4. The van der Waals surface area contributed by atoms with Gasteiger partial charge < -0.3 is 14.2 Å². The van der Waals surface area contributed by atoms with E-state index >= 15 is 0 Å². The topological polar surface area (TPSA) is 78.9 Å². The van der Waals surface area contributed by atoms with Crippen molar-refractivity contribution in [3.63, 3.8) is 0 Å². The minimum atomic E-state index is -0.791. The van der Waals surface area contributed by atoms with Gasteiger partial charge in [-0.3, -0.25) is 14.4 Å². The SMILES string of the molecule is CC/C=C\C/C=C\C/C=C\C/C=C\C/C=C\C/C=C\C/C=C\C/C=C\CCCCC(=O)OCC(COC(=O)CCCCCCC)OC(=O)CCCCCCCCCCCCCCCCCCCCCCC. The van der Waals surface area contributed by atoms with Gasteiger partial charge >= 0.3 is 17.9 Å². The first-order valence-electron chi connectivity index (χ1n) is 29.7. The lowest BCUT2D eigenvalue weighted by Crippen LogP contribution is -2.30. The number of rotatable bonds is 53. The largest absolute Gasteiger partial charge is 0.462 e. The van der Waals surface area contributed by atoms with Gasteiger partial charge in [0, 0.05) is 19.3 Å². The van der Waals surface area contributed by atoms with E-state index in [4.69, 9.17) is 14.2 Å². The Morgan fingerprint density at radius 2 is 0.549 bits per heavy atom. The van der Waals surface area contributed by atoms with Gasteiger partial charge in [0.1, 0.15) is 13.2 Å². The van der Waals surface area contributed by atoms with Gasteiger partial charge in [0.15, 0.2) is 6.10 Å². The Kier molecular flexibility index (Phi) is 55.9. The summed E-state index contributed by atoms with van der Waals surface area (Å²) in [5, 5.41) is 0. The molecule has 0 bridgehead atoms. The lowest BCUT2D eigenvalue weighted by atomic mass is 10.0. The zero-order valence-electron chi connectivity index (χ0n) is 46.5. The summed E-state index contributed by atoms with van der Waals surface area (Å²) in [6.07, 6.45) is 78.8. The van der Waals surface area contributed by atoms with Crippen LogP contribution in [0, 0.1) is 0 Å². The number of ether oxygens (including phenoxy) is 3. The number of unbranched alkanes of at least 4 members (excludes halogenated alkanes) is 26. The molecule has 0 saturated heterocycles. The third-order valence-corrected chi connectivity index (χ3v) is 12.6. The molecule has 0 fully saturated rings. The molecule has 71 heavy (non-hydrogen) atoms. The van der Waals surface area contributed by atoms with Crippen molar-refractivity contribution >= 4 is 17.9 Å². The first-order valence-corrected chi connectivity index (χ1v) is 29.7. The molecule has 0 rings (SSSR count). The van der Waals surface area contributed by atoms with E-state index in [0.29, 0.717) is 19.3 Å². The predicted octanol–water partition coefficient (Wildman–Crippen LogP) is 20.1. The van der Waals surface area contributed by atoms with E-state index in [0.717, 1.165) is 116 Å². The predicted molar refractivity (Wildman–Crippen MR) is 307 cm³/mol. The lowest BCUT2D eigenvalue weighted by Gasteiger charge is -2.18. The highest BCUT2D eigenvalue weighted by Crippen LogP contribution is 2.16. The van der Waals surface area contributed by atoms with E-state index in [2.05, 4.69) is 118 Å². The molecule has 6 nitrogen and oxygen atoms in total. The fourth-order valence-electron chi connectivity index (χ4n) is 8.16. The van der Waals surface area contributed by atoms with Crippen LogP contribution < -0.4 is 0 Å². The Morgan fingerprint density at radius 3 is 0.859 bits per heavy atom. The maximum atomic E-state index is 12.8. The summed E-state index contributed by atoms with van der Waals surface area (Å²) in [4.78, 5) is 37.8. The molecule has 0 saturated carbocycles. The molecule has 0 aliphatic rings. The van der Waals surface area contributed by atoms with Gasteiger partial charge in [0.2, 0.25) is 0 Å². The van der Waals surface area contributed by atoms with Crippen LogP contribution in [0.4, 0.5) is 0 Å². The fraction of sp³-hybridized carbons (Fsp3) is 0.708. The first kappa shape index (κ1) is 67.3. The zero-order valence-corrected chi connectivity index (χ0v) is 46.5. The summed E-state index contributed by atoms with van der Waals surface area (Å²) >= 11 is 0. The molecule has 0 spiro atoms. The molecule has 0 N–H and O–H groups in total. The summed E-state index contributed by atoms with van der Waals surface area (Å²) in [5.74, 6) is -0.944. The second-order valence-electron chi connectivity index (χ2n) is 19.5. The molecule has 1 atom stereocenters. The average molecular weight is 988 g/mol. The van der Waals surface area contributed by atoms with Crippen molar-refractivity contribution in [2.75, 3.05) is 13.2 Å². The number of carbonyl (C=O) groups is 3. The van der Waals surface area contributed by atoms with E-state index in [-0.39, 0.29) is 31.1 Å². The number of allylic oxidation sites excluding steroid dienone is 16. The van der Waals surface area contributed by atoms with Gasteiger partial charge in [-0.25, -0.2) is 0 Å². The highest BCUT2D eigenvalue weighted by Gasteiger charge is 2.19. The first-order chi connectivity index (χ1) is 35.0. The minimum absolute atomic E-state index is 0.0905. The van der Waals surface area contributed by atoms with E-state index in [1.54, 1.807) is 0 Å². The van der Waals surface area contributed by atoms with Gasteiger partial charge in [-0.05, 0) is 83.5 Å². The van der Waals surface area contributed by atoms with Crippen molar-refractivity contribution in [2.24, 2.45) is 0 Å². The van der Waals surface area contributed by atoms with Crippen molar-refractivity contribution in [3.05, 3.63) is 97.2 Å². The van der Waals surface area contributed by atoms with E-state index in [1.165, 1.54) is 122 Å². The maximum Gasteiger partial charge on any atom is 0.306 e. The van der Waals surface area contributed by atoms with Gasteiger partial charge in [0.05, 0.1) is 0 Å². The van der Waals surface area contributed by atoms with Crippen LogP contribution in [-0.4, -0.2) is 37.2 Å². The van der Waals surface area contributed by atoms with Gasteiger partial charge in [-0.15, -0.1) is 0 Å².